The van der Waals surface area contributed by atoms with Crippen molar-refractivity contribution in [3.05, 3.63) is 152 Å². The first-order valence-electron chi connectivity index (χ1n) is 14.1. The van der Waals surface area contributed by atoms with Gasteiger partial charge in [0.15, 0.2) is 0 Å². The van der Waals surface area contributed by atoms with Crippen molar-refractivity contribution in [3.8, 4) is 11.1 Å². The molecule has 194 valence electrons. The topological polar surface area (TPSA) is 8.17 Å². The molecule has 41 heavy (non-hydrogen) atoms. The highest BCUT2D eigenvalue weighted by atomic mass is 15.1. The lowest BCUT2D eigenvalue weighted by Crippen LogP contribution is -2.09. The van der Waals surface area contributed by atoms with E-state index < -0.39 is 0 Å². The van der Waals surface area contributed by atoms with E-state index in [1.165, 1.54) is 54.5 Å². The first kappa shape index (κ1) is 23.5. The summed E-state index contributed by atoms with van der Waals surface area (Å²) in [4.78, 5) is 2.36. The summed E-state index contributed by atoms with van der Waals surface area (Å²) in [5.41, 5.74) is 8.36. The largest absolute Gasteiger partial charge is 0.343 e. The lowest BCUT2D eigenvalue weighted by atomic mass is 9.96. The van der Waals surface area contributed by atoms with Gasteiger partial charge in [-0.3, -0.25) is 0 Å². The van der Waals surface area contributed by atoms with E-state index in [1.54, 1.807) is 0 Å². The number of para-hydroxylation sites is 1. The van der Waals surface area contributed by atoms with Crippen molar-refractivity contribution >= 4 is 60.4 Å². The van der Waals surface area contributed by atoms with Gasteiger partial charge in [-0.05, 0) is 69.8 Å². The van der Waals surface area contributed by atoms with Crippen LogP contribution >= 0.6 is 0 Å². The van der Waals surface area contributed by atoms with Gasteiger partial charge in [0.1, 0.15) is 0 Å². The number of anilines is 3. The fourth-order valence-corrected chi connectivity index (χ4v) is 6.48. The minimum atomic E-state index is 1.13. The van der Waals surface area contributed by atoms with Gasteiger partial charge in [-0.15, -0.1) is 0 Å². The first-order chi connectivity index (χ1) is 20.3. The Hall–Kier alpha value is -5.34. The molecule has 0 atom stereocenters. The second-order valence-corrected chi connectivity index (χ2v) is 10.7. The molecular formula is C39H28N2. The molecule has 0 aliphatic rings. The summed E-state index contributed by atoms with van der Waals surface area (Å²) < 4.78 is 2.37. The number of fused-ring (bicyclic) bond motifs is 8. The zero-order valence-corrected chi connectivity index (χ0v) is 22.8. The summed E-state index contributed by atoms with van der Waals surface area (Å²) in [6.07, 6.45) is 0. The molecule has 0 aliphatic heterocycles. The average Bonchev–Trinajstić information content (AvgIpc) is 3.34. The van der Waals surface area contributed by atoms with Gasteiger partial charge in [0, 0.05) is 45.8 Å². The van der Waals surface area contributed by atoms with E-state index in [4.69, 9.17) is 0 Å². The van der Waals surface area contributed by atoms with E-state index in [0.29, 0.717) is 0 Å². The Bertz CT molecular complexity index is 2190. The van der Waals surface area contributed by atoms with Crippen molar-refractivity contribution < 1.29 is 0 Å². The molecule has 0 unspecified atom stereocenters. The fraction of sp³-hybridized carbons (Fsp3) is 0.0256. The molecule has 0 saturated heterocycles. The van der Waals surface area contributed by atoms with E-state index in [9.17, 15) is 0 Å². The molecule has 0 aliphatic carbocycles. The Morgan fingerprint density at radius 1 is 0.415 bits per heavy atom. The number of benzene rings is 7. The summed E-state index contributed by atoms with van der Waals surface area (Å²) in [5, 5.41) is 7.76. The van der Waals surface area contributed by atoms with E-state index in [1.807, 2.05) is 0 Å². The maximum absolute atomic E-state index is 2.37. The van der Waals surface area contributed by atoms with Crippen LogP contribution in [0.5, 0.6) is 0 Å². The Balaban J connectivity index is 1.38. The zero-order valence-electron chi connectivity index (χ0n) is 22.8. The monoisotopic (exact) mass is 524 g/mol. The van der Waals surface area contributed by atoms with E-state index in [2.05, 4.69) is 168 Å². The Kier molecular flexibility index (Phi) is 5.39. The van der Waals surface area contributed by atoms with Crippen molar-refractivity contribution in [1.29, 1.82) is 0 Å². The molecule has 0 N–H and O–H groups in total. The SMILES string of the molecule is Cn1c2ccc(N(c3ccccc3)c3ccc(-c4ccccc4)cc3)cc2c2c3ccccc3c3ccccc3c21. The molecule has 2 heteroatoms. The third-order valence-electron chi connectivity index (χ3n) is 8.36. The van der Waals surface area contributed by atoms with Gasteiger partial charge < -0.3 is 9.47 Å². The summed E-state index contributed by atoms with van der Waals surface area (Å²) >= 11 is 0. The van der Waals surface area contributed by atoms with Gasteiger partial charge in [-0.25, -0.2) is 0 Å². The van der Waals surface area contributed by atoms with E-state index in [0.717, 1.165) is 17.1 Å². The maximum Gasteiger partial charge on any atom is 0.0574 e. The van der Waals surface area contributed by atoms with Crippen molar-refractivity contribution in [2.45, 2.75) is 0 Å². The molecule has 1 heterocycles. The zero-order chi connectivity index (χ0) is 27.3. The molecule has 0 saturated carbocycles. The van der Waals surface area contributed by atoms with Crippen LogP contribution in [0.15, 0.2) is 152 Å². The van der Waals surface area contributed by atoms with Gasteiger partial charge in [-0.2, -0.15) is 0 Å². The minimum absolute atomic E-state index is 1.13. The summed E-state index contributed by atoms with van der Waals surface area (Å²) in [6, 6.07) is 54.6. The van der Waals surface area contributed by atoms with Crippen molar-refractivity contribution in [3.63, 3.8) is 0 Å². The van der Waals surface area contributed by atoms with Gasteiger partial charge in [0.25, 0.3) is 0 Å². The van der Waals surface area contributed by atoms with Gasteiger partial charge in [-0.1, -0.05) is 109 Å². The van der Waals surface area contributed by atoms with Crippen LogP contribution in [-0.4, -0.2) is 4.57 Å². The lowest BCUT2D eigenvalue weighted by molar-refractivity contribution is 1.02. The second kappa shape index (κ2) is 9.39. The minimum Gasteiger partial charge on any atom is -0.343 e. The van der Waals surface area contributed by atoms with Crippen molar-refractivity contribution in [2.75, 3.05) is 4.90 Å². The van der Waals surface area contributed by atoms with E-state index in [-0.39, 0.29) is 0 Å². The third-order valence-corrected chi connectivity index (χ3v) is 8.36. The summed E-state index contributed by atoms with van der Waals surface area (Å²) in [6.45, 7) is 0. The molecule has 8 rings (SSSR count). The van der Waals surface area contributed by atoms with Crippen LogP contribution in [0.1, 0.15) is 0 Å². The number of rotatable bonds is 4. The van der Waals surface area contributed by atoms with E-state index >= 15 is 0 Å². The standard InChI is InChI=1S/C39H28N2/c1-40-37-25-24-31(26-36(37)38-34-18-10-8-16-32(34)33-17-9-11-19-35(33)39(38)40)41(29-14-6-3-7-15-29)30-22-20-28(21-23-30)27-12-4-2-5-13-27/h2-26H,1H3. The van der Waals surface area contributed by atoms with Crippen molar-refractivity contribution in [1.82, 2.24) is 4.57 Å². The molecule has 0 radical (unpaired) electrons. The maximum atomic E-state index is 2.37. The summed E-state index contributed by atoms with van der Waals surface area (Å²) in [7, 11) is 2.20. The van der Waals surface area contributed by atoms with Gasteiger partial charge >= 0.3 is 0 Å². The molecule has 0 spiro atoms. The molecular weight excluding hydrogens is 496 g/mol. The number of hydrogen-bond donors (Lipinski definition) is 0. The van der Waals surface area contributed by atoms with Crippen LogP contribution in [0.3, 0.4) is 0 Å². The van der Waals surface area contributed by atoms with Crippen LogP contribution in [0, 0.1) is 0 Å². The Labute approximate surface area is 239 Å². The molecule has 1 aromatic heterocycles. The predicted molar refractivity (Wildman–Crippen MR) is 176 cm³/mol. The lowest BCUT2D eigenvalue weighted by Gasteiger charge is -2.26. The highest BCUT2D eigenvalue weighted by Crippen LogP contribution is 2.43. The predicted octanol–water partition coefficient (Wildman–Crippen LogP) is 10.8. The smallest absolute Gasteiger partial charge is 0.0574 e. The van der Waals surface area contributed by atoms with Crippen LogP contribution in [0.25, 0.3) is 54.5 Å². The third kappa shape index (κ3) is 3.72. The van der Waals surface area contributed by atoms with Gasteiger partial charge in [0.2, 0.25) is 0 Å². The van der Waals surface area contributed by atoms with Crippen LogP contribution < -0.4 is 4.90 Å². The Morgan fingerprint density at radius 3 is 1.63 bits per heavy atom. The first-order valence-corrected chi connectivity index (χ1v) is 14.1. The van der Waals surface area contributed by atoms with Gasteiger partial charge in [0.05, 0.1) is 5.52 Å². The molecule has 0 bridgehead atoms. The fourth-order valence-electron chi connectivity index (χ4n) is 6.48. The van der Waals surface area contributed by atoms with Crippen LogP contribution in [0.2, 0.25) is 0 Å². The molecule has 2 nitrogen and oxygen atoms in total. The second-order valence-electron chi connectivity index (χ2n) is 10.7. The highest BCUT2D eigenvalue weighted by Gasteiger charge is 2.19. The molecule has 0 fully saturated rings. The normalized spacial score (nSPS) is 11.5. The van der Waals surface area contributed by atoms with Crippen LogP contribution in [-0.2, 0) is 7.05 Å². The quantitative estimate of drug-likeness (QED) is 0.208. The highest BCUT2D eigenvalue weighted by molar-refractivity contribution is 6.31. The molecule has 0 amide bonds. The summed E-state index contributed by atoms with van der Waals surface area (Å²) in [5.74, 6) is 0. The number of nitrogens with zero attached hydrogens (tertiary/aromatic N) is 2. The Morgan fingerprint density at radius 2 is 0.927 bits per heavy atom. The van der Waals surface area contributed by atoms with Crippen molar-refractivity contribution in [2.24, 2.45) is 7.05 Å². The number of aromatic nitrogens is 1. The number of aryl methyl sites for hydroxylation is 1. The molecule has 7 aromatic carbocycles. The molecule has 8 aromatic rings. The average molecular weight is 525 g/mol. The van der Waals surface area contributed by atoms with Crippen LogP contribution in [0.4, 0.5) is 17.1 Å². The number of hydrogen-bond acceptors (Lipinski definition) is 1.